The predicted octanol–water partition coefficient (Wildman–Crippen LogP) is 3.86. The Labute approximate surface area is 247 Å². The highest BCUT2D eigenvalue weighted by atomic mass is 16.6. The number of epoxide rings is 1. The number of fused-ring (bicyclic) bond motifs is 4. The number of esters is 3. The standard InChI is InChI=1S/C33H44O9/c1-17-14-24(41-30(38)20(17)16-40-29(37)11-10-28(36)39-5)18(2)21-6-7-22-19-15-27-33(42-27)26(35)9-8-25(34)32(33,4)23(19)12-13-31(21,22)3/h8-9,18-19,21-24,26-27,35H,6-7,10-16H2,1-5H3/t18-,19-,21+,22-,23-,24+,26-,27+,31+,32-,33+/m0/s1. The summed E-state index contributed by atoms with van der Waals surface area (Å²) in [5.41, 5.74) is -0.140. The molecule has 0 radical (unpaired) electrons. The number of rotatable bonds is 7. The van der Waals surface area contributed by atoms with Crippen LogP contribution in [0.1, 0.15) is 79.1 Å². The predicted molar refractivity (Wildman–Crippen MR) is 150 cm³/mol. The molecule has 4 aliphatic carbocycles. The number of carbonyl (C=O) groups excluding carboxylic acids is 4. The number of ether oxygens (including phenoxy) is 4. The van der Waals surface area contributed by atoms with Crippen LogP contribution in [0.2, 0.25) is 0 Å². The number of allylic oxidation sites excluding steroid dienone is 1. The molecule has 2 heterocycles. The fourth-order valence-corrected chi connectivity index (χ4v) is 10.2. The van der Waals surface area contributed by atoms with Gasteiger partial charge in [0.25, 0.3) is 0 Å². The average Bonchev–Trinajstić information content (AvgIpc) is 3.59. The zero-order chi connectivity index (χ0) is 30.2. The van der Waals surface area contributed by atoms with E-state index in [0.717, 1.165) is 37.7 Å². The maximum Gasteiger partial charge on any atom is 0.337 e. The minimum Gasteiger partial charge on any atom is -0.469 e. The molecular weight excluding hydrogens is 540 g/mol. The molecule has 0 aromatic carbocycles. The Hall–Kier alpha value is -2.52. The van der Waals surface area contributed by atoms with Gasteiger partial charge in [-0.1, -0.05) is 19.4 Å². The quantitative estimate of drug-likeness (QED) is 0.269. The maximum atomic E-state index is 13.4. The second-order valence-electron chi connectivity index (χ2n) is 14.1. The van der Waals surface area contributed by atoms with Gasteiger partial charge in [-0.05, 0) is 93.1 Å². The van der Waals surface area contributed by atoms with Crippen molar-refractivity contribution in [3.05, 3.63) is 23.3 Å². The summed E-state index contributed by atoms with van der Waals surface area (Å²) in [6, 6.07) is 0. The third-order valence-electron chi connectivity index (χ3n) is 12.6. The van der Waals surface area contributed by atoms with Crippen LogP contribution in [0.5, 0.6) is 0 Å². The van der Waals surface area contributed by atoms with Crippen molar-refractivity contribution < 1.29 is 43.2 Å². The van der Waals surface area contributed by atoms with Gasteiger partial charge in [0.05, 0.1) is 37.0 Å². The molecule has 0 aromatic heterocycles. The molecule has 1 N–H and O–H groups in total. The fraction of sp³-hybridized carbons (Fsp3) is 0.758. The molecule has 4 fully saturated rings. The maximum absolute atomic E-state index is 13.4. The van der Waals surface area contributed by atoms with E-state index in [4.69, 9.17) is 14.2 Å². The summed E-state index contributed by atoms with van der Waals surface area (Å²) in [6.45, 7) is 8.39. The molecule has 230 valence electrons. The summed E-state index contributed by atoms with van der Waals surface area (Å²) in [5.74, 6) is 0.135. The number of hydrogen-bond acceptors (Lipinski definition) is 9. The van der Waals surface area contributed by atoms with E-state index in [1.54, 1.807) is 12.2 Å². The van der Waals surface area contributed by atoms with Crippen LogP contribution >= 0.6 is 0 Å². The van der Waals surface area contributed by atoms with Gasteiger partial charge in [-0.3, -0.25) is 14.4 Å². The molecule has 3 saturated carbocycles. The molecule has 11 atom stereocenters. The molecule has 2 aliphatic heterocycles. The van der Waals surface area contributed by atoms with Crippen LogP contribution in [-0.2, 0) is 38.1 Å². The van der Waals surface area contributed by atoms with Crippen LogP contribution in [0.4, 0.5) is 0 Å². The van der Waals surface area contributed by atoms with E-state index < -0.39 is 35.0 Å². The van der Waals surface area contributed by atoms with Crippen LogP contribution in [-0.4, -0.2) is 66.4 Å². The van der Waals surface area contributed by atoms with Crippen LogP contribution in [0, 0.1) is 40.4 Å². The Morgan fingerprint density at radius 2 is 1.86 bits per heavy atom. The Morgan fingerprint density at radius 1 is 1.12 bits per heavy atom. The molecule has 0 amide bonds. The lowest BCUT2D eigenvalue weighted by Gasteiger charge is -2.58. The summed E-state index contributed by atoms with van der Waals surface area (Å²) in [7, 11) is 1.26. The monoisotopic (exact) mass is 584 g/mol. The number of methoxy groups -OCH3 is 1. The van der Waals surface area contributed by atoms with Crippen molar-refractivity contribution in [1.29, 1.82) is 0 Å². The summed E-state index contributed by atoms with van der Waals surface area (Å²) in [6.07, 6.45) is 7.51. The van der Waals surface area contributed by atoms with E-state index in [2.05, 4.69) is 18.6 Å². The summed E-state index contributed by atoms with van der Waals surface area (Å²) in [5, 5.41) is 10.9. The molecule has 6 rings (SSSR count). The Balaban J connectivity index is 1.13. The molecule has 1 spiro atoms. The van der Waals surface area contributed by atoms with Gasteiger partial charge in [-0.25, -0.2) is 4.79 Å². The van der Waals surface area contributed by atoms with Crippen molar-refractivity contribution in [2.24, 2.45) is 40.4 Å². The molecule has 6 aliphatic rings. The van der Waals surface area contributed by atoms with Gasteiger partial charge in [0, 0.05) is 6.42 Å². The van der Waals surface area contributed by atoms with Crippen LogP contribution in [0.3, 0.4) is 0 Å². The van der Waals surface area contributed by atoms with Crippen LogP contribution < -0.4 is 0 Å². The third-order valence-corrected chi connectivity index (χ3v) is 12.6. The fourth-order valence-electron chi connectivity index (χ4n) is 10.2. The van der Waals surface area contributed by atoms with Gasteiger partial charge in [-0.2, -0.15) is 0 Å². The van der Waals surface area contributed by atoms with Gasteiger partial charge < -0.3 is 24.1 Å². The van der Waals surface area contributed by atoms with Gasteiger partial charge in [0.1, 0.15) is 24.4 Å². The zero-order valence-electron chi connectivity index (χ0n) is 25.4. The minimum absolute atomic E-state index is 0.0662. The van der Waals surface area contributed by atoms with Crippen molar-refractivity contribution in [3.63, 3.8) is 0 Å². The van der Waals surface area contributed by atoms with E-state index in [1.165, 1.54) is 7.11 Å². The largest absolute Gasteiger partial charge is 0.469 e. The number of ketones is 1. The van der Waals surface area contributed by atoms with Crippen LogP contribution in [0.15, 0.2) is 23.3 Å². The van der Waals surface area contributed by atoms with Crippen molar-refractivity contribution in [3.8, 4) is 0 Å². The second-order valence-corrected chi connectivity index (χ2v) is 14.1. The van der Waals surface area contributed by atoms with Gasteiger partial charge >= 0.3 is 17.9 Å². The number of aliphatic hydroxyl groups is 1. The zero-order valence-corrected chi connectivity index (χ0v) is 25.4. The summed E-state index contributed by atoms with van der Waals surface area (Å²) in [4.78, 5) is 49.8. The van der Waals surface area contributed by atoms with Crippen LogP contribution in [0.25, 0.3) is 0 Å². The molecule has 9 nitrogen and oxygen atoms in total. The van der Waals surface area contributed by atoms with E-state index in [-0.39, 0.29) is 54.7 Å². The van der Waals surface area contributed by atoms with E-state index in [0.29, 0.717) is 29.7 Å². The van der Waals surface area contributed by atoms with Gasteiger partial charge in [0.2, 0.25) is 0 Å². The molecule has 0 unspecified atom stereocenters. The van der Waals surface area contributed by atoms with Gasteiger partial charge in [-0.15, -0.1) is 0 Å². The summed E-state index contributed by atoms with van der Waals surface area (Å²) >= 11 is 0. The molecular formula is C33H44O9. The third kappa shape index (κ3) is 4.16. The molecule has 42 heavy (non-hydrogen) atoms. The number of hydrogen-bond donors (Lipinski definition) is 1. The lowest BCUT2D eigenvalue weighted by molar-refractivity contribution is -0.156. The molecule has 0 aromatic rings. The SMILES string of the molecule is COC(=O)CCC(=O)OCC1=C(C)C[C@H]([C@@H](C)[C@H]2CC[C@H]3[C@@H]4C[C@H]5O[C@]56[C@@H](O)C=CC(=O)[C@]6(C)[C@H]4CC[C@]23C)OC1=O. The minimum atomic E-state index is -0.757. The van der Waals surface area contributed by atoms with E-state index in [1.807, 2.05) is 13.8 Å². The lowest BCUT2D eigenvalue weighted by atomic mass is 9.44. The first kappa shape index (κ1) is 29.5. The highest BCUT2D eigenvalue weighted by Gasteiger charge is 2.80. The highest BCUT2D eigenvalue weighted by Crippen LogP contribution is 2.73. The normalized spacial score (nSPS) is 44.3. The van der Waals surface area contributed by atoms with E-state index >= 15 is 0 Å². The molecule has 9 heteroatoms. The topological polar surface area (TPSA) is 129 Å². The van der Waals surface area contributed by atoms with E-state index in [9.17, 15) is 24.3 Å². The Morgan fingerprint density at radius 3 is 2.57 bits per heavy atom. The highest BCUT2D eigenvalue weighted by molar-refractivity contribution is 5.98. The van der Waals surface area contributed by atoms with Crippen molar-refractivity contribution in [2.45, 2.75) is 103 Å². The number of aliphatic hydroxyl groups excluding tert-OH is 1. The smallest absolute Gasteiger partial charge is 0.337 e. The Bertz CT molecular complexity index is 1250. The number of carbonyl (C=O) groups is 4. The first-order chi connectivity index (χ1) is 19.9. The van der Waals surface area contributed by atoms with Crippen molar-refractivity contribution in [1.82, 2.24) is 0 Å². The average molecular weight is 585 g/mol. The lowest BCUT2D eigenvalue weighted by Crippen LogP contribution is -2.63. The van der Waals surface area contributed by atoms with Crippen molar-refractivity contribution in [2.75, 3.05) is 13.7 Å². The molecule has 0 bridgehead atoms. The molecule has 1 saturated heterocycles. The summed E-state index contributed by atoms with van der Waals surface area (Å²) < 4.78 is 22.1. The first-order valence-electron chi connectivity index (χ1n) is 15.6. The number of cyclic esters (lactones) is 1. The second kappa shape index (κ2) is 10.3. The van der Waals surface area contributed by atoms with Gasteiger partial charge in [0.15, 0.2) is 5.78 Å². The van der Waals surface area contributed by atoms with Crippen molar-refractivity contribution >= 4 is 23.7 Å². The Kier molecular flexibility index (Phi) is 7.24. The first-order valence-corrected chi connectivity index (χ1v) is 15.6.